The smallest absolute Gasteiger partial charge is 0.0443 e. The minimum absolute atomic E-state index is 0.270. The molecule has 2 heteroatoms. The van der Waals surface area contributed by atoms with Crippen molar-refractivity contribution in [2.45, 2.75) is 36.4 Å². The lowest BCUT2D eigenvalue weighted by Gasteiger charge is -2.25. The number of alkyl halides is 1. The Balaban J connectivity index is 2.35. The molecule has 0 aliphatic heterocycles. The Bertz CT molecular complexity index is 337. The van der Waals surface area contributed by atoms with Crippen LogP contribution in [0.15, 0.2) is 24.3 Å². The minimum Gasteiger partial charge on any atom is -0.0890 e. The van der Waals surface area contributed by atoms with Gasteiger partial charge in [-0.2, -0.15) is 0 Å². The molecule has 0 spiro atoms. The van der Waals surface area contributed by atoms with Gasteiger partial charge in [0, 0.05) is 9.85 Å². The Morgan fingerprint density at radius 2 is 2.14 bits per heavy atom. The van der Waals surface area contributed by atoms with Crippen LogP contribution in [0.3, 0.4) is 0 Å². The van der Waals surface area contributed by atoms with Gasteiger partial charge in [-0.15, -0.1) is 0 Å². The highest BCUT2D eigenvalue weighted by atomic mass is 79.9. The predicted octanol–water partition coefficient (Wildman–Crippen LogP) is 4.55. The van der Waals surface area contributed by atoms with Gasteiger partial charge < -0.3 is 0 Å². The lowest BCUT2D eigenvalue weighted by Crippen LogP contribution is -2.18. The van der Waals surface area contributed by atoms with Crippen LogP contribution in [-0.2, 0) is 5.41 Å². The summed E-state index contributed by atoms with van der Waals surface area (Å²) in [4.78, 5) is 0.656. The van der Waals surface area contributed by atoms with Crippen molar-refractivity contribution in [2.24, 2.45) is 0 Å². The fourth-order valence-corrected chi connectivity index (χ4v) is 3.67. The standard InChI is InChI=1S/C12H14BrCl/c1-12(7-6-9(13)8-12)10-4-2-3-5-11(10)14/h2-5,9H,6-8H2,1H3. The predicted molar refractivity (Wildman–Crippen MR) is 65.4 cm³/mol. The van der Waals surface area contributed by atoms with E-state index in [0.717, 1.165) is 5.02 Å². The summed E-state index contributed by atoms with van der Waals surface area (Å²) in [5.41, 5.74) is 1.58. The molecule has 2 atom stereocenters. The molecule has 1 aliphatic rings. The van der Waals surface area contributed by atoms with Gasteiger partial charge in [-0.3, -0.25) is 0 Å². The summed E-state index contributed by atoms with van der Waals surface area (Å²) in [6.07, 6.45) is 3.67. The lowest BCUT2D eigenvalue weighted by molar-refractivity contribution is 0.493. The highest BCUT2D eigenvalue weighted by Crippen LogP contribution is 2.45. The first kappa shape index (κ1) is 10.5. The maximum absolute atomic E-state index is 6.23. The third-order valence-electron chi connectivity index (χ3n) is 3.21. The molecule has 0 N–H and O–H groups in total. The lowest BCUT2D eigenvalue weighted by atomic mass is 9.81. The zero-order chi connectivity index (χ0) is 10.2. The second kappa shape index (κ2) is 3.86. The third-order valence-corrected chi connectivity index (χ3v) is 4.32. The van der Waals surface area contributed by atoms with E-state index >= 15 is 0 Å². The summed E-state index contributed by atoms with van der Waals surface area (Å²) < 4.78 is 0. The molecule has 1 aliphatic carbocycles. The van der Waals surface area contributed by atoms with Gasteiger partial charge in [-0.25, -0.2) is 0 Å². The minimum atomic E-state index is 0.270. The van der Waals surface area contributed by atoms with Gasteiger partial charge in [0.2, 0.25) is 0 Å². The Hall–Kier alpha value is -0.0100. The van der Waals surface area contributed by atoms with Gasteiger partial charge in [0.25, 0.3) is 0 Å². The maximum atomic E-state index is 6.23. The first-order chi connectivity index (χ1) is 6.62. The van der Waals surface area contributed by atoms with Gasteiger partial charge in [-0.05, 0) is 36.3 Å². The van der Waals surface area contributed by atoms with E-state index in [2.05, 4.69) is 35.0 Å². The molecule has 1 aromatic carbocycles. The van der Waals surface area contributed by atoms with Crippen LogP contribution >= 0.6 is 27.5 Å². The van der Waals surface area contributed by atoms with E-state index < -0.39 is 0 Å². The molecule has 1 fully saturated rings. The van der Waals surface area contributed by atoms with Crippen LogP contribution in [0.25, 0.3) is 0 Å². The van der Waals surface area contributed by atoms with Crippen molar-refractivity contribution < 1.29 is 0 Å². The quantitative estimate of drug-likeness (QED) is 0.659. The Morgan fingerprint density at radius 1 is 1.43 bits per heavy atom. The molecule has 0 radical (unpaired) electrons. The van der Waals surface area contributed by atoms with E-state index in [9.17, 15) is 0 Å². The largest absolute Gasteiger partial charge is 0.0890 e. The van der Waals surface area contributed by atoms with Crippen molar-refractivity contribution in [2.75, 3.05) is 0 Å². The highest BCUT2D eigenvalue weighted by molar-refractivity contribution is 9.09. The zero-order valence-electron chi connectivity index (χ0n) is 8.26. The fourth-order valence-electron chi connectivity index (χ4n) is 2.36. The second-order valence-corrected chi connectivity index (χ2v) is 6.08. The molecule has 0 bridgehead atoms. The van der Waals surface area contributed by atoms with Gasteiger partial charge in [0.15, 0.2) is 0 Å². The Kier molecular flexibility index (Phi) is 2.90. The first-order valence-electron chi connectivity index (χ1n) is 5.01. The van der Waals surface area contributed by atoms with Crippen LogP contribution in [0.4, 0.5) is 0 Å². The van der Waals surface area contributed by atoms with Crippen molar-refractivity contribution >= 4 is 27.5 Å². The van der Waals surface area contributed by atoms with Crippen molar-refractivity contribution in [3.05, 3.63) is 34.9 Å². The molecule has 14 heavy (non-hydrogen) atoms. The SMILES string of the molecule is CC1(c2ccccc2Cl)CCC(Br)C1. The van der Waals surface area contributed by atoms with E-state index in [4.69, 9.17) is 11.6 Å². The van der Waals surface area contributed by atoms with Crippen LogP contribution in [0.2, 0.25) is 5.02 Å². The molecule has 0 aromatic heterocycles. The van der Waals surface area contributed by atoms with E-state index in [1.54, 1.807) is 0 Å². The molecular weight excluding hydrogens is 259 g/mol. The molecule has 0 heterocycles. The monoisotopic (exact) mass is 272 g/mol. The van der Waals surface area contributed by atoms with Gasteiger partial charge in [0.1, 0.15) is 0 Å². The highest BCUT2D eigenvalue weighted by Gasteiger charge is 2.36. The summed E-state index contributed by atoms with van der Waals surface area (Å²) in [6.45, 7) is 2.31. The molecule has 2 rings (SSSR count). The van der Waals surface area contributed by atoms with Gasteiger partial charge in [0.05, 0.1) is 0 Å². The van der Waals surface area contributed by atoms with Crippen molar-refractivity contribution in [3.8, 4) is 0 Å². The molecule has 0 nitrogen and oxygen atoms in total. The number of halogens is 2. The summed E-state index contributed by atoms with van der Waals surface area (Å²) in [5, 5.41) is 0.914. The van der Waals surface area contributed by atoms with E-state index in [-0.39, 0.29) is 5.41 Å². The zero-order valence-corrected chi connectivity index (χ0v) is 10.6. The average Bonchev–Trinajstić information content (AvgIpc) is 2.48. The summed E-state index contributed by atoms with van der Waals surface area (Å²) in [5.74, 6) is 0. The summed E-state index contributed by atoms with van der Waals surface area (Å²) >= 11 is 9.92. The molecular formula is C12H14BrCl. The van der Waals surface area contributed by atoms with Crippen LogP contribution in [0, 0.1) is 0 Å². The van der Waals surface area contributed by atoms with Crippen molar-refractivity contribution in [1.29, 1.82) is 0 Å². The molecule has 76 valence electrons. The van der Waals surface area contributed by atoms with Crippen LogP contribution in [0.5, 0.6) is 0 Å². The Morgan fingerprint density at radius 3 is 2.71 bits per heavy atom. The summed E-state index contributed by atoms with van der Waals surface area (Å²) in [7, 11) is 0. The Labute approximate surface area is 98.8 Å². The fraction of sp³-hybridized carbons (Fsp3) is 0.500. The summed E-state index contributed by atoms with van der Waals surface area (Å²) in [6, 6.07) is 8.22. The van der Waals surface area contributed by atoms with Gasteiger partial charge in [-0.1, -0.05) is 52.7 Å². The molecule has 2 unspecified atom stereocenters. The van der Waals surface area contributed by atoms with Crippen LogP contribution in [-0.4, -0.2) is 4.83 Å². The van der Waals surface area contributed by atoms with Crippen LogP contribution in [0.1, 0.15) is 31.7 Å². The maximum Gasteiger partial charge on any atom is 0.0443 e. The molecule has 1 saturated carbocycles. The van der Waals surface area contributed by atoms with E-state index in [1.807, 2.05) is 12.1 Å². The number of hydrogen-bond donors (Lipinski definition) is 0. The average molecular weight is 274 g/mol. The second-order valence-electron chi connectivity index (χ2n) is 4.38. The number of benzene rings is 1. The van der Waals surface area contributed by atoms with Crippen LogP contribution < -0.4 is 0 Å². The third kappa shape index (κ3) is 1.85. The molecule has 0 saturated heterocycles. The topological polar surface area (TPSA) is 0 Å². The molecule has 0 amide bonds. The van der Waals surface area contributed by atoms with E-state index in [0.29, 0.717) is 4.83 Å². The molecule has 1 aromatic rings. The van der Waals surface area contributed by atoms with E-state index in [1.165, 1.54) is 24.8 Å². The first-order valence-corrected chi connectivity index (χ1v) is 6.30. The number of rotatable bonds is 1. The normalized spacial score (nSPS) is 32.1. The van der Waals surface area contributed by atoms with Crippen molar-refractivity contribution in [3.63, 3.8) is 0 Å². The number of hydrogen-bond acceptors (Lipinski definition) is 0. The van der Waals surface area contributed by atoms with Gasteiger partial charge >= 0.3 is 0 Å². The van der Waals surface area contributed by atoms with Crippen molar-refractivity contribution in [1.82, 2.24) is 0 Å².